The molecule has 0 radical (unpaired) electrons. The van der Waals surface area contributed by atoms with Crippen molar-refractivity contribution < 1.29 is 9.53 Å². The lowest BCUT2D eigenvalue weighted by atomic mass is 10.6. The molecule has 0 aliphatic rings. The highest BCUT2D eigenvalue weighted by Crippen LogP contribution is 2.02. The van der Waals surface area contributed by atoms with Crippen molar-refractivity contribution in [3.05, 3.63) is 18.7 Å². The molecule has 0 unspecified atom stereocenters. The van der Waals surface area contributed by atoms with Gasteiger partial charge in [-0.1, -0.05) is 0 Å². The first kappa shape index (κ1) is 6.67. The van der Waals surface area contributed by atoms with Crippen molar-refractivity contribution in [2.45, 2.75) is 6.92 Å². The molecule has 0 atom stereocenters. The van der Waals surface area contributed by atoms with Gasteiger partial charge in [0.25, 0.3) is 0 Å². The first-order valence-electron chi connectivity index (χ1n) is 2.72. The van der Waals surface area contributed by atoms with E-state index < -0.39 is 0 Å². The maximum absolute atomic E-state index is 10.3. The molecule has 0 aliphatic heterocycles. The normalized spacial score (nSPS) is 8.90. The number of ether oxygens (including phenoxy) is 1. The van der Waals surface area contributed by atoms with Crippen molar-refractivity contribution in [3.8, 4) is 5.75 Å². The molecule has 4 heteroatoms. The van der Waals surface area contributed by atoms with E-state index in [-0.39, 0.29) is 5.97 Å². The fraction of sp³-hybridized carbons (Fsp3) is 0.167. The topological polar surface area (TPSA) is 52.1 Å². The molecule has 1 heterocycles. The van der Waals surface area contributed by atoms with E-state index in [4.69, 9.17) is 0 Å². The van der Waals surface area contributed by atoms with Gasteiger partial charge in [0.15, 0.2) is 5.75 Å². The van der Waals surface area contributed by atoms with E-state index in [2.05, 4.69) is 14.7 Å². The van der Waals surface area contributed by atoms with E-state index in [1.807, 2.05) is 0 Å². The van der Waals surface area contributed by atoms with Gasteiger partial charge in [-0.25, -0.2) is 9.97 Å². The maximum atomic E-state index is 10.3. The van der Waals surface area contributed by atoms with Gasteiger partial charge in [0, 0.05) is 6.92 Å². The monoisotopic (exact) mass is 138 g/mol. The summed E-state index contributed by atoms with van der Waals surface area (Å²) in [5.74, 6) is 0.00444. The molecule has 1 aromatic rings. The number of nitrogens with zero attached hydrogens (tertiary/aromatic N) is 2. The summed E-state index contributed by atoms with van der Waals surface area (Å²) < 4.78 is 4.65. The fourth-order valence-corrected chi connectivity index (χ4v) is 0.504. The zero-order valence-electron chi connectivity index (χ0n) is 5.44. The molecule has 4 nitrogen and oxygen atoms in total. The Kier molecular flexibility index (Phi) is 1.94. The number of aromatic nitrogens is 2. The van der Waals surface area contributed by atoms with Gasteiger partial charge in [0.2, 0.25) is 0 Å². The van der Waals surface area contributed by atoms with Crippen LogP contribution in [0.2, 0.25) is 0 Å². The van der Waals surface area contributed by atoms with Gasteiger partial charge in [-0.15, -0.1) is 0 Å². The van der Waals surface area contributed by atoms with Crippen LogP contribution >= 0.6 is 0 Å². The van der Waals surface area contributed by atoms with Crippen LogP contribution in [0.5, 0.6) is 5.75 Å². The van der Waals surface area contributed by atoms with Gasteiger partial charge in [-0.05, 0) is 0 Å². The van der Waals surface area contributed by atoms with Gasteiger partial charge in [0.05, 0.1) is 12.4 Å². The van der Waals surface area contributed by atoms with Crippen LogP contribution in [0.3, 0.4) is 0 Å². The molecular weight excluding hydrogens is 132 g/mol. The summed E-state index contributed by atoms with van der Waals surface area (Å²) in [6, 6.07) is 0. The van der Waals surface area contributed by atoms with Crippen molar-refractivity contribution >= 4 is 5.97 Å². The summed E-state index contributed by atoms with van der Waals surface area (Å²) in [5.41, 5.74) is 0. The number of rotatable bonds is 1. The molecule has 0 fully saturated rings. The molecule has 52 valence electrons. The third kappa shape index (κ3) is 1.81. The van der Waals surface area contributed by atoms with Crippen LogP contribution in [0.15, 0.2) is 18.7 Å². The highest BCUT2D eigenvalue weighted by molar-refractivity contribution is 5.68. The van der Waals surface area contributed by atoms with Gasteiger partial charge in [0.1, 0.15) is 6.33 Å². The summed E-state index contributed by atoms with van der Waals surface area (Å²) >= 11 is 0. The minimum Gasteiger partial charge on any atom is -0.423 e. The Hall–Kier alpha value is -1.45. The predicted octanol–water partition coefficient (Wildman–Crippen LogP) is 0.402. The molecule has 0 amide bonds. The van der Waals surface area contributed by atoms with Crippen LogP contribution < -0.4 is 4.74 Å². The Labute approximate surface area is 57.9 Å². The number of carbonyl (C=O) groups excluding carboxylic acids is 1. The largest absolute Gasteiger partial charge is 0.423 e. The van der Waals surface area contributed by atoms with Crippen molar-refractivity contribution in [1.82, 2.24) is 9.97 Å². The van der Waals surface area contributed by atoms with Gasteiger partial charge in [-0.3, -0.25) is 4.79 Å². The van der Waals surface area contributed by atoms with E-state index >= 15 is 0 Å². The summed E-state index contributed by atoms with van der Waals surface area (Å²) in [5, 5.41) is 0. The van der Waals surface area contributed by atoms with Crippen molar-refractivity contribution in [3.63, 3.8) is 0 Å². The fourth-order valence-electron chi connectivity index (χ4n) is 0.504. The summed E-state index contributed by atoms with van der Waals surface area (Å²) in [6.45, 7) is 1.33. The van der Waals surface area contributed by atoms with E-state index in [0.29, 0.717) is 5.75 Å². The van der Waals surface area contributed by atoms with Gasteiger partial charge < -0.3 is 4.74 Å². The summed E-state index contributed by atoms with van der Waals surface area (Å²) in [6.07, 6.45) is 4.22. The average Bonchev–Trinajstić information content (AvgIpc) is 1.88. The smallest absolute Gasteiger partial charge is 0.308 e. The molecule has 1 aromatic heterocycles. The second-order valence-corrected chi connectivity index (χ2v) is 1.67. The Morgan fingerprint density at radius 2 is 2.10 bits per heavy atom. The molecule has 0 bridgehead atoms. The zero-order chi connectivity index (χ0) is 7.40. The minimum absolute atomic E-state index is 0.366. The van der Waals surface area contributed by atoms with E-state index in [1.54, 1.807) is 0 Å². The van der Waals surface area contributed by atoms with Crippen LogP contribution in [-0.4, -0.2) is 15.9 Å². The summed E-state index contributed by atoms with van der Waals surface area (Å²) in [4.78, 5) is 17.6. The van der Waals surface area contributed by atoms with Crippen molar-refractivity contribution in [1.29, 1.82) is 0 Å². The molecule has 0 N–H and O–H groups in total. The SMILES string of the molecule is CC(=O)Oc1cncnc1. The van der Waals surface area contributed by atoms with Crippen molar-refractivity contribution in [2.24, 2.45) is 0 Å². The average molecular weight is 138 g/mol. The molecule has 10 heavy (non-hydrogen) atoms. The lowest BCUT2D eigenvalue weighted by Crippen LogP contribution is -2.01. The number of esters is 1. The Morgan fingerprint density at radius 1 is 1.50 bits per heavy atom. The van der Waals surface area contributed by atoms with Crippen molar-refractivity contribution in [2.75, 3.05) is 0 Å². The third-order valence-corrected chi connectivity index (χ3v) is 0.798. The van der Waals surface area contributed by atoms with Crippen LogP contribution in [0.1, 0.15) is 6.92 Å². The van der Waals surface area contributed by atoms with E-state index in [1.165, 1.54) is 25.6 Å². The van der Waals surface area contributed by atoms with Crippen LogP contribution in [-0.2, 0) is 4.79 Å². The number of hydrogen-bond acceptors (Lipinski definition) is 4. The first-order valence-corrected chi connectivity index (χ1v) is 2.72. The molecule has 0 saturated heterocycles. The first-order chi connectivity index (χ1) is 4.79. The molecule has 1 rings (SSSR count). The molecule has 0 aromatic carbocycles. The Bertz CT molecular complexity index is 222. The quantitative estimate of drug-likeness (QED) is 0.527. The Balaban J connectivity index is 2.67. The molecule has 0 saturated carbocycles. The summed E-state index contributed by atoms with van der Waals surface area (Å²) in [7, 11) is 0. The minimum atomic E-state index is -0.366. The third-order valence-electron chi connectivity index (χ3n) is 0.798. The standard InChI is InChI=1S/C6H6N2O2/c1-5(9)10-6-2-7-4-8-3-6/h2-4H,1H3. The number of hydrogen-bond donors (Lipinski definition) is 0. The van der Waals surface area contributed by atoms with Crippen LogP contribution in [0.4, 0.5) is 0 Å². The Morgan fingerprint density at radius 3 is 2.60 bits per heavy atom. The molecule has 0 spiro atoms. The lowest BCUT2D eigenvalue weighted by molar-refractivity contribution is -0.131. The lowest BCUT2D eigenvalue weighted by Gasteiger charge is -1.95. The van der Waals surface area contributed by atoms with Crippen LogP contribution in [0, 0.1) is 0 Å². The number of carbonyl (C=O) groups is 1. The highest BCUT2D eigenvalue weighted by atomic mass is 16.5. The highest BCUT2D eigenvalue weighted by Gasteiger charge is 1.94. The van der Waals surface area contributed by atoms with Gasteiger partial charge >= 0.3 is 5.97 Å². The maximum Gasteiger partial charge on any atom is 0.308 e. The second-order valence-electron chi connectivity index (χ2n) is 1.67. The molecule has 0 aliphatic carbocycles. The zero-order valence-corrected chi connectivity index (χ0v) is 5.44. The van der Waals surface area contributed by atoms with E-state index in [9.17, 15) is 4.79 Å². The van der Waals surface area contributed by atoms with Gasteiger partial charge in [-0.2, -0.15) is 0 Å². The van der Waals surface area contributed by atoms with E-state index in [0.717, 1.165) is 0 Å². The predicted molar refractivity (Wildman–Crippen MR) is 33.3 cm³/mol. The molecular formula is C6H6N2O2. The van der Waals surface area contributed by atoms with Crippen LogP contribution in [0.25, 0.3) is 0 Å². The second kappa shape index (κ2) is 2.91.